The Morgan fingerprint density at radius 2 is 2.06 bits per heavy atom. The molecule has 7 nitrogen and oxygen atoms in total. The van der Waals surface area contributed by atoms with Gasteiger partial charge >= 0.3 is 5.69 Å². The molecule has 16 heavy (non-hydrogen) atoms. The van der Waals surface area contributed by atoms with E-state index in [0.717, 1.165) is 9.13 Å². The van der Waals surface area contributed by atoms with Gasteiger partial charge in [0, 0.05) is 20.3 Å². The van der Waals surface area contributed by atoms with Crippen LogP contribution >= 0.6 is 0 Å². The van der Waals surface area contributed by atoms with Crippen LogP contribution in [0, 0.1) is 11.3 Å². The number of aliphatic imine (C=N–C) groups is 1. The average Bonchev–Trinajstić information content (AvgIpc) is 2.28. The van der Waals surface area contributed by atoms with Crippen LogP contribution in [-0.2, 0) is 14.1 Å². The number of nitrogens with zero attached hydrogens (tertiary/aromatic N) is 4. The molecule has 1 heterocycles. The van der Waals surface area contributed by atoms with E-state index < -0.39 is 11.2 Å². The molecule has 1 aromatic heterocycles. The Kier molecular flexibility index (Phi) is 3.25. The van der Waals surface area contributed by atoms with Crippen molar-refractivity contribution in [3.8, 4) is 6.07 Å². The average molecular weight is 221 g/mol. The van der Waals surface area contributed by atoms with E-state index >= 15 is 0 Å². The SMILES string of the molecule is Cn1c(N)c(C=NCC#N)c(=O)n(C)c1=O. The second-order valence-electron chi connectivity index (χ2n) is 3.13. The van der Waals surface area contributed by atoms with Gasteiger partial charge in [-0.25, -0.2) is 4.79 Å². The van der Waals surface area contributed by atoms with Crippen LogP contribution in [0.15, 0.2) is 14.6 Å². The monoisotopic (exact) mass is 221 g/mol. The molecule has 0 saturated carbocycles. The normalized spacial score (nSPS) is 10.6. The van der Waals surface area contributed by atoms with E-state index in [1.807, 2.05) is 0 Å². The standard InChI is InChI=1S/C9H11N5O2/c1-13-7(11)6(5-12-4-3-10)8(15)14(2)9(13)16/h5H,4,11H2,1-2H3. The van der Waals surface area contributed by atoms with Gasteiger partial charge in [0.2, 0.25) is 0 Å². The van der Waals surface area contributed by atoms with E-state index in [9.17, 15) is 9.59 Å². The number of nitriles is 1. The van der Waals surface area contributed by atoms with Gasteiger partial charge in [-0.1, -0.05) is 0 Å². The highest BCUT2D eigenvalue weighted by Crippen LogP contribution is 1.98. The van der Waals surface area contributed by atoms with Crippen molar-refractivity contribution < 1.29 is 0 Å². The number of nitrogen functional groups attached to an aromatic ring is 1. The van der Waals surface area contributed by atoms with Crippen molar-refractivity contribution in [2.45, 2.75) is 0 Å². The van der Waals surface area contributed by atoms with E-state index in [4.69, 9.17) is 11.0 Å². The third-order valence-corrected chi connectivity index (χ3v) is 2.13. The van der Waals surface area contributed by atoms with Gasteiger partial charge in [-0.3, -0.25) is 18.9 Å². The molecule has 1 aromatic rings. The maximum absolute atomic E-state index is 11.7. The fourth-order valence-electron chi connectivity index (χ4n) is 1.18. The maximum atomic E-state index is 11.7. The van der Waals surface area contributed by atoms with E-state index in [2.05, 4.69) is 4.99 Å². The molecule has 0 aliphatic carbocycles. The summed E-state index contributed by atoms with van der Waals surface area (Å²) in [6.45, 7) is -0.0641. The fraction of sp³-hybridized carbons (Fsp3) is 0.333. The van der Waals surface area contributed by atoms with Crippen molar-refractivity contribution >= 4 is 12.0 Å². The smallest absolute Gasteiger partial charge is 0.332 e. The number of aromatic nitrogens is 2. The Morgan fingerprint density at radius 3 is 2.62 bits per heavy atom. The third kappa shape index (κ3) is 1.86. The van der Waals surface area contributed by atoms with E-state index in [1.54, 1.807) is 6.07 Å². The highest BCUT2D eigenvalue weighted by Gasteiger charge is 2.10. The summed E-state index contributed by atoms with van der Waals surface area (Å²) < 4.78 is 2.08. The molecule has 0 bridgehead atoms. The summed E-state index contributed by atoms with van der Waals surface area (Å²) in [7, 11) is 2.81. The van der Waals surface area contributed by atoms with Crippen LogP contribution in [0.3, 0.4) is 0 Å². The van der Waals surface area contributed by atoms with Gasteiger partial charge in [0.25, 0.3) is 5.56 Å². The van der Waals surface area contributed by atoms with Crippen molar-refractivity contribution in [3.63, 3.8) is 0 Å². The Morgan fingerprint density at radius 1 is 1.44 bits per heavy atom. The molecule has 0 aliphatic rings. The first-order valence-corrected chi connectivity index (χ1v) is 4.43. The largest absolute Gasteiger partial charge is 0.384 e. The van der Waals surface area contributed by atoms with Crippen molar-refractivity contribution in [1.82, 2.24) is 9.13 Å². The molecule has 84 valence electrons. The van der Waals surface area contributed by atoms with Crippen LogP contribution in [0.2, 0.25) is 0 Å². The Balaban J connectivity index is 3.48. The second-order valence-corrected chi connectivity index (χ2v) is 3.13. The Bertz CT molecular complexity index is 588. The second kappa shape index (κ2) is 4.44. The first kappa shape index (κ1) is 11.7. The molecule has 0 amide bonds. The molecule has 0 aliphatic heterocycles. The summed E-state index contributed by atoms with van der Waals surface area (Å²) in [5.74, 6) is 0.0368. The zero-order valence-electron chi connectivity index (χ0n) is 8.97. The minimum atomic E-state index is -0.526. The Hall–Kier alpha value is -2.36. The van der Waals surface area contributed by atoms with Crippen LogP contribution in [0.4, 0.5) is 5.82 Å². The molecular weight excluding hydrogens is 210 g/mol. The zero-order valence-corrected chi connectivity index (χ0v) is 8.97. The number of hydrogen-bond donors (Lipinski definition) is 1. The quantitative estimate of drug-likeness (QED) is 0.490. The first-order chi connectivity index (χ1) is 7.50. The zero-order chi connectivity index (χ0) is 12.3. The lowest BCUT2D eigenvalue weighted by Crippen LogP contribution is -2.40. The minimum absolute atomic E-state index is 0.0368. The van der Waals surface area contributed by atoms with Crippen molar-refractivity contribution in [2.24, 2.45) is 19.1 Å². The van der Waals surface area contributed by atoms with E-state index in [0.29, 0.717) is 0 Å². The lowest BCUT2D eigenvalue weighted by Gasteiger charge is -2.07. The van der Waals surface area contributed by atoms with Crippen LogP contribution in [0.5, 0.6) is 0 Å². The van der Waals surface area contributed by atoms with Crippen molar-refractivity contribution in [1.29, 1.82) is 5.26 Å². The van der Waals surface area contributed by atoms with Crippen molar-refractivity contribution in [2.75, 3.05) is 12.3 Å². The lowest BCUT2D eigenvalue weighted by atomic mass is 10.3. The highest BCUT2D eigenvalue weighted by molar-refractivity contribution is 5.85. The predicted octanol–water partition coefficient (Wildman–Crippen LogP) is -1.39. The molecular formula is C9H11N5O2. The van der Waals surface area contributed by atoms with E-state index in [-0.39, 0.29) is 17.9 Å². The molecule has 0 spiro atoms. The Labute approximate surface area is 91.1 Å². The summed E-state index contributed by atoms with van der Waals surface area (Å²) in [6.07, 6.45) is 1.21. The van der Waals surface area contributed by atoms with E-state index in [1.165, 1.54) is 20.3 Å². The molecule has 2 N–H and O–H groups in total. The topological polar surface area (TPSA) is 106 Å². The number of nitrogens with two attached hydrogens (primary N) is 1. The molecule has 1 rings (SSSR count). The fourth-order valence-corrected chi connectivity index (χ4v) is 1.18. The summed E-state index contributed by atoms with van der Waals surface area (Å²) in [4.78, 5) is 26.8. The lowest BCUT2D eigenvalue weighted by molar-refractivity contribution is 0.692. The van der Waals surface area contributed by atoms with Crippen LogP contribution in [-0.4, -0.2) is 21.9 Å². The maximum Gasteiger partial charge on any atom is 0.332 e. The molecule has 0 radical (unpaired) electrons. The van der Waals surface area contributed by atoms with Gasteiger partial charge < -0.3 is 5.73 Å². The molecule has 0 unspecified atom stereocenters. The summed E-state index contributed by atoms with van der Waals surface area (Å²) in [5, 5.41) is 8.30. The number of hydrogen-bond acceptors (Lipinski definition) is 5. The van der Waals surface area contributed by atoms with Crippen LogP contribution in [0.25, 0.3) is 0 Å². The van der Waals surface area contributed by atoms with Crippen molar-refractivity contribution in [3.05, 3.63) is 26.4 Å². The third-order valence-electron chi connectivity index (χ3n) is 2.13. The molecule has 7 heteroatoms. The van der Waals surface area contributed by atoms with Gasteiger partial charge in [-0.05, 0) is 0 Å². The van der Waals surface area contributed by atoms with Gasteiger partial charge in [0.1, 0.15) is 12.4 Å². The minimum Gasteiger partial charge on any atom is -0.384 e. The first-order valence-electron chi connectivity index (χ1n) is 4.43. The number of rotatable bonds is 2. The highest BCUT2D eigenvalue weighted by atomic mass is 16.2. The summed E-state index contributed by atoms with van der Waals surface area (Å²) in [5.41, 5.74) is 4.70. The van der Waals surface area contributed by atoms with Crippen LogP contribution < -0.4 is 17.0 Å². The number of anilines is 1. The summed E-state index contributed by atoms with van der Waals surface area (Å²) >= 11 is 0. The van der Waals surface area contributed by atoms with Gasteiger partial charge in [0.15, 0.2) is 0 Å². The molecule has 0 aromatic carbocycles. The van der Waals surface area contributed by atoms with Gasteiger partial charge in [-0.2, -0.15) is 5.26 Å². The molecule has 0 saturated heterocycles. The molecule has 0 fully saturated rings. The summed E-state index contributed by atoms with van der Waals surface area (Å²) in [6, 6.07) is 1.80. The molecule has 0 atom stereocenters. The predicted molar refractivity (Wildman–Crippen MR) is 59.4 cm³/mol. The van der Waals surface area contributed by atoms with Gasteiger partial charge in [-0.15, -0.1) is 0 Å². The van der Waals surface area contributed by atoms with Crippen LogP contribution in [0.1, 0.15) is 5.56 Å². The van der Waals surface area contributed by atoms with Gasteiger partial charge in [0.05, 0.1) is 11.6 Å².